The lowest BCUT2D eigenvalue weighted by molar-refractivity contribution is -0.142. The first-order chi connectivity index (χ1) is 8.54. The van der Waals surface area contributed by atoms with Crippen molar-refractivity contribution in [2.75, 3.05) is 19.7 Å². The Bertz CT molecular complexity index is 412. The molecule has 100 valence electrons. The number of hydrogen-bond acceptors (Lipinski definition) is 4. The van der Waals surface area contributed by atoms with E-state index in [9.17, 15) is 9.90 Å². The molecule has 0 saturated heterocycles. The van der Waals surface area contributed by atoms with Crippen LogP contribution in [0, 0.1) is 0 Å². The first-order valence-corrected chi connectivity index (χ1v) is 6.29. The molecule has 1 atom stereocenters. The zero-order chi connectivity index (χ0) is 13.5. The number of aliphatic hydroxyl groups excluding tert-OH is 1. The normalized spacial score (nSPS) is 12.2. The lowest BCUT2D eigenvalue weighted by Crippen LogP contribution is -2.28. The molecule has 0 saturated carbocycles. The summed E-state index contributed by atoms with van der Waals surface area (Å²) in [6.45, 7) is 2.31. The maximum Gasteiger partial charge on any atom is 0.319 e. The molecule has 0 aliphatic heterocycles. The van der Waals surface area contributed by atoms with Crippen molar-refractivity contribution in [3.8, 4) is 0 Å². The van der Waals surface area contributed by atoms with Crippen LogP contribution in [0.5, 0.6) is 0 Å². The first kappa shape index (κ1) is 15.2. The zero-order valence-corrected chi connectivity index (χ0v) is 11.5. The molecule has 0 radical (unpaired) electrons. The van der Waals surface area contributed by atoms with Gasteiger partial charge in [0.05, 0.1) is 19.3 Å². The van der Waals surface area contributed by atoms with E-state index in [1.807, 2.05) is 0 Å². The van der Waals surface area contributed by atoms with E-state index in [0.29, 0.717) is 22.2 Å². The molecular formula is C12H15Cl2NO3. The molecule has 0 bridgehead atoms. The van der Waals surface area contributed by atoms with Gasteiger partial charge in [0, 0.05) is 22.2 Å². The predicted octanol–water partition coefficient (Wildman–Crippen LogP) is 2.18. The third-order valence-electron chi connectivity index (χ3n) is 2.23. The molecule has 4 nitrogen and oxygen atoms in total. The number of hydrogen-bond donors (Lipinski definition) is 2. The molecule has 1 aromatic rings. The average Bonchev–Trinajstić information content (AvgIpc) is 2.32. The Hall–Kier alpha value is -0.810. The second kappa shape index (κ2) is 7.59. The first-order valence-electron chi connectivity index (χ1n) is 5.54. The smallest absolute Gasteiger partial charge is 0.319 e. The molecule has 1 unspecified atom stereocenters. The molecule has 0 aliphatic rings. The number of nitrogens with one attached hydrogen (secondary N) is 1. The highest BCUT2D eigenvalue weighted by Crippen LogP contribution is 2.25. The van der Waals surface area contributed by atoms with Gasteiger partial charge in [0.25, 0.3) is 0 Å². The summed E-state index contributed by atoms with van der Waals surface area (Å²) >= 11 is 11.8. The van der Waals surface area contributed by atoms with Crippen molar-refractivity contribution in [1.29, 1.82) is 0 Å². The highest BCUT2D eigenvalue weighted by molar-refractivity contribution is 6.33. The maximum atomic E-state index is 11.1. The number of carbonyl (C=O) groups excluding carboxylic acids is 1. The highest BCUT2D eigenvalue weighted by atomic mass is 35.5. The Kier molecular flexibility index (Phi) is 6.43. The van der Waals surface area contributed by atoms with E-state index in [-0.39, 0.29) is 19.1 Å². The van der Waals surface area contributed by atoms with Gasteiger partial charge in [0.15, 0.2) is 0 Å². The third-order valence-corrected chi connectivity index (χ3v) is 2.81. The summed E-state index contributed by atoms with van der Waals surface area (Å²) in [5.74, 6) is -0.359. The summed E-state index contributed by atoms with van der Waals surface area (Å²) in [7, 11) is 0. The van der Waals surface area contributed by atoms with Gasteiger partial charge >= 0.3 is 5.97 Å². The third kappa shape index (κ3) is 4.82. The average molecular weight is 292 g/mol. The van der Waals surface area contributed by atoms with Crippen molar-refractivity contribution in [3.05, 3.63) is 33.8 Å². The maximum absolute atomic E-state index is 11.1. The highest BCUT2D eigenvalue weighted by Gasteiger charge is 2.12. The van der Waals surface area contributed by atoms with Crippen molar-refractivity contribution < 1.29 is 14.6 Å². The molecule has 0 spiro atoms. The molecule has 1 aromatic carbocycles. The van der Waals surface area contributed by atoms with Gasteiger partial charge in [0.2, 0.25) is 0 Å². The lowest BCUT2D eigenvalue weighted by Gasteiger charge is -2.13. The Morgan fingerprint density at radius 1 is 1.50 bits per heavy atom. The van der Waals surface area contributed by atoms with Crippen LogP contribution in [0.3, 0.4) is 0 Å². The Morgan fingerprint density at radius 2 is 2.22 bits per heavy atom. The van der Waals surface area contributed by atoms with Gasteiger partial charge < -0.3 is 15.2 Å². The van der Waals surface area contributed by atoms with Gasteiger partial charge in [-0.2, -0.15) is 0 Å². The predicted molar refractivity (Wildman–Crippen MR) is 70.9 cm³/mol. The molecule has 1 rings (SSSR count). The van der Waals surface area contributed by atoms with Crippen molar-refractivity contribution in [3.63, 3.8) is 0 Å². The summed E-state index contributed by atoms with van der Waals surface area (Å²) < 4.78 is 4.74. The Morgan fingerprint density at radius 3 is 2.89 bits per heavy atom. The van der Waals surface area contributed by atoms with Crippen LogP contribution < -0.4 is 5.32 Å². The molecule has 18 heavy (non-hydrogen) atoms. The summed E-state index contributed by atoms with van der Waals surface area (Å²) in [6.07, 6.45) is -0.828. The number of rotatable bonds is 6. The number of carbonyl (C=O) groups is 1. The number of benzene rings is 1. The molecule has 0 aliphatic carbocycles. The fraction of sp³-hybridized carbons (Fsp3) is 0.417. The van der Waals surface area contributed by atoms with Crippen LogP contribution in [0.4, 0.5) is 0 Å². The second-order valence-electron chi connectivity index (χ2n) is 3.62. The summed E-state index contributed by atoms with van der Waals surface area (Å²) in [6, 6.07) is 4.86. The lowest BCUT2D eigenvalue weighted by atomic mass is 10.1. The van der Waals surface area contributed by atoms with E-state index in [4.69, 9.17) is 27.9 Å². The van der Waals surface area contributed by atoms with Gasteiger partial charge in [-0.3, -0.25) is 4.79 Å². The van der Waals surface area contributed by atoms with Crippen LogP contribution in [0.25, 0.3) is 0 Å². The molecule has 0 amide bonds. The van der Waals surface area contributed by atoms with Crippen molar-refractivity contribution in [2.24, 2.45) is 0 Å². The monoisotopic (exact) mass is 291 g/mol. The number of aliphatic hydroxyl groups is 1. The molecule has 0 fully saturated rings. The Balaban J connectivity index is 2.47. The molecule has 2 N–H and O–H groups in total. The van der Waals surface area contributed by atoms with E-state index < -0.39 is 6.10 Å². The van der Waals surface area contributed by atoms with Gasteiger partial charge in [-0.1, -0.05) is 23.2 Å². The van der Waals surface area contributed by atoms with E-state index in [1.54, 1.807) is 25.1 Å². The molecule has 0 heterocycles. The fourth-order valence-electron chi connectivity index (χ4n) is 1.40. The van der Waals surface area contributed by atoms with E-state index in [2.05, 4.69) is 5.32 Å². The summed E-state index contributed by atoms with van der Waals surface area (Å²) in [5.41, 5.74) is 0.528. The number of ether oxygens (including phenoxy) is 1. The number of halogens is 2. The topological polar surface area (TPSA) is 58.6 Å². The van der Waals surface area contributed by atoms with Crippen molar-refractivity contribution >= 4 is 29.2 Å². The molecule has 6 heteroatoms. The van der Waals surface area contributed by atoms with E-state index >= 15 is 0 Å². The second-order valence-corrected chi connectivity index (χ2v) is 4.46. The SMILES string of the molecule is CCOC(=O)CNCC(O)c1cc(Cl)ccc1Cl. The fourth-order valence-corrected chi connectivity index (χ4v) is 1.83. The Labute approximate surface area is 116 Å². The van der Waals surface area contributed by atoms with Gasteiger partial charge in [-0.05, 0) is 25.1 Å². The summed E-state index contributed by atoms with van der Waals surface area (Å²) in [4.78, 5) is 11.1. The van der Waals surface area contributed by atoms with Crippen LogP contribution in [0.15, 0.2) is 18.2 Å². The largest absolute Gasteiger partial charge is 0.465 e. The zero-order valence-electron chi connectivity index (χ0n) is 9.95. The van der Waals surface area contributed by atoms with Gasteiger partial charge in [0.1, 0.15) is 0 Å². The summed E-state index contributed by atoms with van der Waals surface area (Å²) in [5, 5.41) is 13.6. The van der Waals surface area contributed by atoms with Crippen LogP contribution in [0.2, 0.25) is 10.0 Å². The minimum absolute atomic E-state index is 0.0447. The minimum atomic E-state index is -0.828. The van der Waals surface area contributed by atoms with E-state index in [1.165, 1.54) is 0 Å². The molecular weight excluding hydrogens is 277 g/mol. The van der Waals surface area contributed by atoms with Crippen LogP contribution >= 0.6 is 23.2 Å². The van der Waals surface area contributed by atoms with Crippen molar-refractivity contribution in [2.45, 2.75) is 13.0 Å². The van der Waals surface area contributed by atoms with Crippen molar-refractivity contribution in [1.82, 2.24) is 5.32 Å². The quantitative estimate of drug-likeness (QED) is 0.789. The van der Waals surface area contributed by atoms with Gasteiger partial charge in [-0.25, -0.2) is 0 Å². The minimum Gasteiger partial charge on any atom is -0.465 e. The van der Waals surface area contributed by atoms with Crippen LogP contribution in [0.1, 0.15) is 18.6 Å². The van der Waals surface area contributed by atoms with Crippen LogP contribution in [-0.4, -0.2) is 30.8 Å². The van der Waals surface area contributed by atoms with Gasteiger partial charge in [-0.15, -0.1) is 0 Å². The molecule has 0 aromatic heterocycles. The van der Waals surface area contributed by atoms with Crippen LogP contribution in [-0.2, 0) is 9.53 Å². The standard InChI is InChI=1S/C12H15Cl2NO3/c1-2-18-12(17)7-15-6-11(16)9-5-8(13)3-4-10(9)14/h3-5,11,15-16H,2,6-7H2,1H3. The number of esters is 1. The van der Waals surface area contributed by atoms with E-state index in [0.717, 1.165) is 0 Å².